The summed E-state index contributed by atoms with van der Waals surface area (Å²) in [6.07, 6.45) is 1.44. The SMILES string of the molecule is CC[C@@H]1CCCN1Cc1sc(CC(=O)c2cnc(N3CCC(O)(C(=O)O)CC3)cn2)nc1-c1ccc(C)c(C(F)(F)F)c1. The van der Waals surface area contributed by atoms with E-state index in [0.717, 1.165) is 36.8 Å². The van der Waals surface area contributed by atoms with Gasteiger partial charge in [-0.1, -0.05) is 19.1 Å². The van der Waals surface area contributed by atoms with E-state index in [0.29, 0.717) is 34.7 Å². The van der Waals surface area contributed by atoms with Crippen molar-refractivity contribution in [2.24, 2.45) is 0 Å². The van der Waals surface area contributed by atoms with E-state index in [1.165, 1.54) is 36.7 Å². The van der Waals surface area contributed by atoms with Crippen molar-refractivity contribution in [2.45, 2.75) is 76.7 Å². The quantitative estimate of drug-likeness (QED) is 0.315. The van der Waals surface area contributed by atoms with Crippen LogP contribution in [0.15, 0.2) is 30.6 Å². The van der Waals surface area contributed by atoms with Gasteiger partial charge < -0.3 is 15.1 Å². The van der Waals surface area contributed by atoms with Crippen LogP contribution in [-0.2, 0) is 23.9 Å². The number of aliphatic hydroxyl groups is 1. The predicted octanol–water partition coefficient (Wildman–Crippen LogP) is 5.14. The molecule has 5 rings (SSSR count). The van der Waals surface area contributed by atoms with E-state index < -0.39 is 23.3 Å². The van der Waals surface area contributed by atoms with Crippen molar-refractivity contribution in [3.8, 4) is 11.3 Å². The van der Waals surface area contributed by atoms with Gasteiger partial charge in [-0.3, -0.25) is 9.69 Å². The molecule has 0 bridgehead atoms. The average molecular weight is 618 g/mol. The minimum Gasteiger partial charge on any atom is -0.479 e. The molecule has 0 radical (unpaired) electrons. The lowest BCUT2D eigenvalue weighted by Crippen LogP contribution is -2.49. The third kappa shape index (κ3) is 6.73. The summed E-state index contributed by atoms with van der Waals surface area (Å²) in [6, 6.07) is 4.65. The van der Waals surface area contributed by atoms with Crippen LogP contribution in [0.1, 0.15) is 70.5 Å². The number of thiazole rings is 1. The number of carboxylic acids is 1. The number of carbonyl (C=O) groups is 2. The van der Waals surface area contributed by atoms with Crippen LogP contribution in [0.4, 0.5) is 19.0 Å². The molecule has 2 saturated heterocycles. The van der Waals surface area contributed by atoms with Crippen LogP contribution >= 0.6 is 11.3 Å². The topological polar surface area (TPSA) is 120 Å². The number of carbonyl (C=O) groups excluding carboxylic acids is 1. The molecule has 0 unspecified atom stereocenters. The van der Waals surface area contributed by atoms with Gasteiger partial charge in [0.25, 0.3) is 0 Å². The lowest BCUT2D eigenvalue weighted by atomic mass is 9.92. The number of likely N-dealkylation sites (tertiary alicyclic amines) is 1. The number of benzene rings is 1. The second-order valence-corrected chi connectivity index (χ2v) is 12.4. The predicted molar refractivity (Wildman–Crippen MR) is 155 cm³/mol. The third-order valence-electron chi connectivity index (χ3n) is 8.42. The first kappa shape index (κ1) is 31.0. The number of aliphatic carboxylic acids is 1. The van der Waals surface area contributed by atoms with Gasteiger partial charge in [-0.15, -0.1) is 11.3 Å². The number of nitrogens with zero attached hydrogens (tertiary/aromatic N) is 5. The molecule has 0 saturated carbocycles. The first-order valence-corrected chi connectivity index (χ1v) is 15.2. The first-order valence-electron chi connectivity index (χ1n) is 14.3. The molecule has 2 aromatic heterocycles. The Morgan fingerprint density at radius 2 is 1.88 bits per heavy atom. The molecular weight excluding hydrogens is 583 g/mol. The highest BCUT2D eigenvalue weighted by molar-refractivity contribution is 7.12. The molecule has 2 fully saturated rings. The number of alkyl halides is 3. The van der Waals surface area contributed by atoms with Crippen LogP contribution in [0.2, 0.25) is 0 Å². The van der Waals surface area contributed by atoms with Crippen LogP contribution in [0.3, 0.4) is 0 Å². The largest absolute Gasteiger partial charge is 0.479 e. The summed E-state index contributed by atoms with van der Waals surface area (Å²) in [6.45, 7) is 5.57. The summed E-state index contributed by atoms with van der Waals surface area (Å²) in [5.74, 6) is -1.10. The molecule has 2 aliphatic heterocycles. The molecule has 1 atom stereocenters. The zero-order valence-electron chi connectivity index (χ0n) is 24.0. The van der Waals surface area contributed by atoms with Gasteiger partial charge in [0, 0.05) is 49.0 Å². The molecule has 0 spiro atoms. The van der Waals surface area contributed by atoms with Gasteiger partial charge in [0.1, 0.15) is 16.5 Å². The molecular formula is C30H34F3N5O4S. The standard InChI is InChI=1S/C30H34F3N5O4S/c1-3-20-5-4-10-38(20)17-24-27(19-7-6-18(2)21(13-19)30(31,32)33)36-26(43-24)14-23(39)22-15-35-25(16-34-22)37-11-8-29(42,9-12-37)28(40)41/h6-7,13,15-16,20,42H,3-5,8-12,14,17H2,1-2H3,(H,40,41)/t20-/m1/s1. The van der Waals surface area contributed by atoms with Crippen molar-refractivity contribution in [2.75, 3.05) is 24.5 Å². The molecule has 2 N–H and O–H groups in total. The van der Waals surface area contributed by atoms with Gasteiger partial charge in [0.2, 0.25) is 0 Å². The zero-order chi connectivity index (χ0) is 30.9. The number of hydrogen-bond acceptors (Lipinski definition) is 9. The fourth-order valence-electron chi connectivity index (χ4n) is 5.81. The van der Waals surface area contributed by atoms with E-state index in [1.54, 1.807) is 11.0 Å². The van der Waals surface area contributed by atoms with Crippen molar-refractivity contribution in [3.63, 3.8) is 0 Å². The molecule has 230 valence electrons. The number of aromatic nitrogens is 3. The Kier molecular flexibility index (Phi) is 8.87. The number of aryl methyl sites for hydroxylation is 1. The summed E-state index contributed by atoms with van der Waals surface area (Å²) in [4.78, 5) is 42.7. The van der Waals surface area contributed by atoms with Crippen molar-refractivity contribution >= 4 is 28.9 Å². The van der Waals surface area contributed by atoms with Gasteiger partial charge in [0.15, 0.2) is 11.4 Å². The first-order chi connectivity index (χ1) is 20.4. The van der Waals surface area contributed by atoms with Crippen molar-refractivity contribution < 1.29 is 33.0 Å². The maximum absolute atomic E-state index is 13.7. The second-order valence-electron chi connectivity index (χ2n) is 11.3. The van der Waals surface area contributed by atoms with Gasteiger partial charge in [-0.2, -0.15) is 13.2 Å². The molecule has 1 aromatic carbocycles. The van der Waals surface area contributed by atoms with Crippen LogP contribution < -0.4 is 4.90 Å². The molecule has 13 heteroatoms. The van der Waals surface area contributed by atoms with Gasteiger partial charge in [-0.25, -0.2) is 19.7 Å². The lowest BCUT2D eigenvalue weighted by Gasteiger charge is -2.35. The third-order valence-corrected chi connectivity index (χ3v) is 9.46. The van der Waals surface area contributed by atoms with Crippen molar-refractivity contribution in [1.82, 2.24) is 19.9 Å². The maximum atomic E-state index is 13.7. The van der Waals surface area contributed by atoms with E-state index in [-0.39, 0.29) is 49.4 Å². The number of hydrogen-bond donors (Lipinski definition) is 2. The number of ketones is 1. The number of halogens is 3. The van der Waals surface area contributed by atoms with E-state index in [2.05, 4.69) is 26.8 Å². The van der Waals surface area contributed by atoms with Gasteiger partial charge in [0.05, 0.1) is 30.1 Å². The Balaban J connectivity index is 1.36. The summed E-state index contributed by atoms with van der Waals surface area (Å²) in [5, 5.41) is 19.9. The molecule has 9 nitrogen and oxygen atoms in total. The monoisotopic (exact) mass is 617 g/mol. The summed E-state index contributed by atoms with van der Waals surface area (Å²) in [5.41, 5.74) is -1.36. The highest BCUT2D eigenvalue weighted by atomic mass is 32.1. The Bertz CT molecular complexity index is 1490. The van der Waals surface area contributed by atoms with E-state index in [1.807, 2.05) is 0 Å². The Morgan fingerprint density at radius 1 is 1.14 bits per heavy atom. The summed E-state index contributed by atoms with van der Waals surface area (Å²) in [7, 11) is 0. The fourth-order valence-corrected chi connectivity index (χ4v) is 6.92. The number of Topliss-reactive ketones (excluding diaryl/α,β-unsaturated/α-hetero) is 1. The Morgan fingerprint density at radius 3 is 2.51 bits per heavy atom. The molecule has 43 heavy (non-hydrogen) atoms. The molecule has 0 aliphatic carbocycles. The van der Waals surface area contributed by atoms with Gasteiger partial charge >= 0.3 is 12.1 Å². The number of anilines is 1. The average Bonchev–Trinajstić information content (AvgIpc) is 3.59. The van der Waals surface area contributed by atoms with E-state index >= 15 is 0 Å². The number of carboxylic acid groups (broad SMARTS) is 1. The molecule has 0 amide bonds. The maximum Gasteiger partial charge on any atom is 0.416 e. The fraction of sp³-hybridized carbons (Fsp3) is 0.500. The Labute approximate surface area is 251 Å². The van der Waals surface area contributed by atoms with Crippen LogP contribution in [0.5, 0.6) is 0 Å². The lowest BCUT2D eigenvalue weighted by molar-refractivity contribution is -0.160. The minimum atomic E-state index is -4.49. The van der Waals surface area contributed by atoms with Crippen molar-refractivity contribution in [3.05, 3.63) is 57.3 Å². The zero-order valence-corrected chi connectivity index (χ0v) is 24.8. The summed E-state index contributed by atoms with van der Waals surface area (Å²) >= 11 is 1.34. The highest BCUT2D eigenvalue weighted by Crippen LogP contribution is 2.38. The molecule has 4 heterocycles. The minimum absolute atomic E-state index is 0.0429. The normalized spacial score (nSPS) is 19.1. The van der Waals surface area contributed by atoms with Crippen LogP contribution in [0, 0.1) is 6.92 Å². The number of rotatable bonds is 9. The smallest absolute Gasteiger partial charge is 0.416 e. The number of piperidine rings is 1. The van der Waals surface area contributed by atoms with Crippen LogP contribution in [-0.4, -0.2) is 73.1 Å². The van der Waals surface area contributed by atoms with Crippen LogP contribution in [0.25, 0.3) is 11.3 Å². The van der Waals surface area contributed by atoms with Gasteiger partial charge in [-0.05, 0) is 44.4 Å². The second kappa shape index (κ2) is 12.3. The van der Waals surface area contributed by atoms with E-state index in [4.69, 9.17) is 0 Å². The Hall–Kier alpha value is -3.42. The van der Waals surface area contributed by atoms with Crippen molar-refractivity contribution in [1.29, 1.82) is 0 Å². The molecule has 2 aliphatic rings. The van der Waals surface area contributed by atoms with E-state index in [9.17, 15) is 33.0 Å². The summed E-state index contributed by atoms with van der Waals surface area (Å²) < 4.78 is 41.2. The molecule has 3 aromatic rings. The highest BCUT2D eigenvalue weighted by Gasteiger charge is 2.40.